The van der Waals surface area contributed by atoms with Crippen LogP contribution < -0.4 is 27.2 Å². The number of anilines is 1. The number of carboxylic acid groups (broad SMARTS) is 1. The molecule has 0 spiro atoms. The predicted molar refractivity (Wildman–Crippen MR) is 260 cm³/mol. The maximum Gasteiger partial charge on any atom is 0.407 e. The number of aliphatic carboxylic acids is 1. The Morgan fingerprint density at radius 1 is 0.932 bits per heavy atom. The van der Waals surface area contributed by atoms with Crippen molar-refractivity contribution < 1.29 is 67.9 Å². The average molecular weight is 1010 g/mol. The summed E-state index contributed by atoms with van der Waals surface area (Å²) in [7, 11) is 0. The molecule has 1 saturated heterocycles. The van der Waals surface area contributed by atoms with Crippen LogP contribution in [0.15, 0.2) is 72.3 Å². The zero-order valence-corrected chi connectivity index (χ0v) is 41.3. The van der Waals surface area contributed by atoms with Gasteiger partial charge in [-0.25, -0.2) is 10.7 Å². The number of hydrogen-bond donors (Lipinski definition) is 8. The number of nitrogens with one attached hydrogen (secondary N) is 4. The number of rotatable bonds is 18. The molecular formula is C54H67N5O14. The van der Waals surface area contributed by atoms with Crippen LogP contribution in [-0.4, -0.2) is 106 Å². The van der Waals surface area contributed by atoms with Crippen molar-refractivity contribution in [2.75, 3.05) is 25.1 Å². The van der Waals surface area contributed by atoms with Gasteiger partial charge in [-0.05, 0) is 130 Å². The number of benzene rings is 2. The van der Waals surface area contributed by atoms with Gasteiger partial charge in [-0.2, -0.15) is 0 Å². The Balaban J connectivity index is 0.752. The van der Waals surface area contributed by atoms with Gasteiger partial charge < -0.3 is 50.8 Å². The first-order chi connectivity index (χ1) is 34.8. The summed E-state index contributed by atoms with van der Waals surface area (Å²) in [5.74, 6) is 1.19. The maximum absolute atomic E-state index is 14.0. The van der Waals surface area contributed by atoms with E-state index < -0.39 is 103 Å². The molecule has 2 aromatic carbocycles. The molecular weight excluding hydrogens is 943 g/mol. The van der Waals surface area contributed by atoms with E-state index in [1.165, 1.54) is 5.56 Å². The molecule has 1 heterocycles. The molecule has 10 atom stereocenters. The lowest BCUT2D eigenvalue weighted by molar-refractivity contribution is -0.201. The van der Waals surface area contributed by atoms with Gasteiger partial charge in [-0.1, -0.05) is 61.9 Å². The number of carbonyl (C=O) groups excluding carboxylic acids is 6. The lowest BCUT2D eigenvalue weighted by Crippen LogP contribution is -2.63. The van der Waals surface area contributed by atoms with Crippen molar-refractivity contribution in [3.05, 3.63) is 89.0 Å². The summed E-state index contributed by atoms with van der Waals surface area (Å²) < 4.78 is 19.2. The van der Waals surface area contributed by atoms with Crippen molar-refractivity contribution in [1.29, 1.82) is 0 Å². The van der Waals surface area contributed by atoms with Crippen LogP contribution in [0.25, 0.3) is 0 Å². The second-order valence-corrected chi connectivity index (χ2v) is 22.1. The molecule has 10 rings (SSSR count). The Labute approximate surface area is 423 Å². The largest absolute Gasteiger partial charge is 0.481 e. The lowest BCUT2D eigenvalue weighted by atomic mass is 9.46. The van der Waals surface area contributed by atoms with E-state index in [9.17, 15) is 43.8 Å². The fraction of sp³-hybridized carbons (Fsp3) is 0.574. The third-order valence-electron chi connectivity index (χ3n) is 17.9. The molecule has 7 fully saturated rings. The van der Waals surface area contributed by atoms with Crippen LogP contribution >= 0.6 is 0 Å². The van der Waals surface area contributed by atoms with Gasteiger partial charge in [0.05, 0.1) is 18.8 Å². The Bertz CT molecular complexity index is 2540. The molecule has 0 unspecified atom stereocenters. The fourth-order valence-electron chi connectivity index (χ4n) is 14.2. The Hall–Kier alpha value is -5.83. The molecule has 0 aromatic heterocycles. The average Bonchev–Trinajstić information content (AvgIpc) is 3.87. The highest BCUT2D eigenvalue weighted by molar-refractivity contribution is 6.01. The highest BCUT2D eigenvalue weighted by Crippen LogP contribution is 2.70. The zero-order valence-electron chi connectivity index (χ0n) is 41.3. The Kier molecular flexibility index (Phi) is 14.6. The maximum atomic E-state index is 14.0. The number of ketones is 2. The number of ether oxygens (including phenoxy) is 3. The first-order valence-corrected chi connectivity index (χ1v) is 25.5. The van der Waals surface area contributed by atoms with Gasteiger partial charge in [0.1, 0.15) is 25.9 Å². The van der Waals surface area contributed by atoms with Crippen molar-refractivity contribution in [2.45, 2.75) is 140 Å². The quantitative estimate of drug-likeness (QED) is 0.0974. The number of allylic oxidation sites excluding steroid dienone is 4. The van der Waals surface area contributed by atoms with E-state index in [-0.39, 0.29) is 47.5 Å². The van der Waals surface area contributed by atoms with Crippen molar-refractivity contribution in [2.24, 2.45) is 39.9 Å². The van der Waals surface area contributed by atoms with E-state index in [4.69, 9.17) is 25.2 Å². The number of aliphatic hydroxyl groups is 2. The summed E-state index contributed by atoms with van der Waals surface area (Å²) in [4.78, 5) is 91.9. The van der Waals surface area contributed by atoms with Gasteiger partial charge in [-0.15, -0.1) is 0 Å². The number of carbonyl (C=O) groups is 7. The molecule has 9 N–H and O–H groups in total. The first kappa shape index (κ1) is 52.0. The topological polar surface area (TPSA) is 291 Å². The molecule has 1 aliphatic heterocycles. The van der Waals surface area contributed by atoms with Crippen molar-refractivity contribution >= 4 is 47.0 Å². The van der Waals surface area contributed by atoms with E-state index in [0.717, 1.165) is 68.9 Å². The minimum atomic E-state index is -1.42. The summed E-state index contributed by atoms with van der Waals surface area (Å²) in [6.07, 6.45) is 10.6. The van der Waals surface area contributed by atoms with E-state index in [2.05, 4.69) is 45.2 Å². The molecule has 19 heteroatoms. The minimum absolute atomic E-state index is 0.00756. The van der Waals surface area contributed by atoms with Gasteiger partial charge in [-0.3, -0.25) is 33.6 Å². The number of hydrogen-bond acceptors (Lipinski definition) is 14. The van der Waals surface area contributed by atoms with Crippen LogP contribution in [0.3, 0.4) is 0 Å². The molecule has 73 heavy (non-hydrogen) atoms. The molecule has 2 aromatic rings. The Morgan fingerprint density at radius 3 is 2.30 bits per heavy atom. The van der Waals surface area contributed by atoms with Crippen LogP contribution in [-0.2, 0) is 60.8 Å². The molecule has 19 nitrogen and oxygen atoms in total. The van der Waals surface area contributed by atoms with Gasteiger partial charge in [0.25, 0.3) is 0 Å². The number of amides is 4. The van der Waals surface area contributed by atoms with Gasteiger partial charge >= 0.3 is 12.1 Å². The van der Waals surface area contributed by atoms with Gasteiger partial charge in [0.15, 0.2) is 23.5 Å². The third-order valence-corrected chi connectivity index (χ3v) is 17.9. The van der Waals surface area contributed by atoms with Crippen LogP contribution in [0.5, 0.6) is 0 Å². The lowest BCUT2D eigenvalue weighted by Gasteiger charge is -2.59. The van der Waals surface area contributed by atoms with E-state index >= 15 is 0 Å². The molecule has 8 aliphatic rings. The first-order valence-electron chi connectivity index (χ1n) is 25.5. The fourth-order valence-corrected chi connectivity index (χ4v) is 14.2. The Morgan fingerprint density at radius 2 is 1.63 bits per heavy atom. The zero-order chi connectivity index (χ0) is 51.9. The minimum Gasteiger partial charge on any atom is -0.481 e. The van der Waals surface area contributed by atoms with Crippen molar-refractivity contribution in [3.8, 4) is 0 Å². The van der Waals surface area contributed by atoms with Crippen LogP contribution in [0, 0.1) is 34.0 Å². The smallest absolute Gasteiger partial charge is 0.407 e. The monoisotopic (exact) mass is 1010 g/mol. The van der Waals surface area contributed by atoms with Crippen molar-refractivity contribution in [1.82, 2.24) is 16.0 Å². The summed E-state index contributed by atoms with van der Waals surface area (Å²) in [6, 6.07) is 13.5. The molecule has 4 amide bonds. The predicted octanol–water partition coefficient (Wildman–Crippen LogP) is 4.15. The summed E-state index contributed by atoms with van der Waals surface area (Å²) in [5.41, 5.74) is 1.10. The molecule has 0 radical (unpaired) electrons. The van der Waals surface area contributed by atoms with Gasteiger partial charge in [0.2, 0.25) is 17.7 Å². The number of aliphatic hydroxyl groups excluding tert-OH is 2. The number of fused-ring (bicyclic) bond motifs is 10. The molecule has 6 saturated carbocycles. The SMILES string of the molecule is C[C@]12C=CC(=O)C=C1CC[C@@H]1[C@@H]2[C@@H](O)C[C@@]2(C)[C@H]1C[C@H]1O[C@@H](c3ccc(CC45CCC(NC(=O)OCc6ccc(NC(=O)[C@H](CCC(=O)O)NC(=O)CNC(=O)CON)cc6)(CC4)CC5)cc3)O[C@]12C(=O)CO. The normalized spacial score (nSPS) is 34.0. The van der Waals surface area contributed by atoms with Crippen LogP contribution in [0.2, 0.25) is 0 Å². The highest BCUT2D eigenvalue weighted by Gasteiger charge is 2.76. The summed E-state index contributed by atoms with van der Waals surface area (Å²) >= 11 is 0. The van der Waals surface area contributed by atoms with Crippen LogP contribution in [0.1, 0.15) is 114 Å². The summed E-state index contributed by atoms with van der Waals surface area (Å²) in [5, 5.41) is 42.1. The van der Waals surface area contributed by atoms with Crippen LogP contribution in [0.4, 0.5) is 10.5 Å². The number of nitrogens with two attached hydrogens (primary N) is 1. The van der Waals surface area contributed by atoms with E-state index in [0.29, 0.717) is 24.1 Å². The van der Waals surface area contributed by atoms with Crippen molar-refractivity contribution in [3.63, 3.8) is 0 Å². The molecule has 7 aliphatic carbocycles. The van der Waals surface area contributed by atoms with Gasteiger partial charge in [0, 0.05) is 40.0 Å². The third kappa shape index (κ3) is 9.99. The number of alkyl carbamates (subject to hydrolysis) is 1. The molecule has 392 valence electrons. The van der Waals surface area contributed by atoms with E-state index in [1.807, 2.05) is 25.1 Å². The molecule has 2 bridgehead atoms. The second kappa shape index (κ2) is 20.5. The highest BCUT2D eigenvalue weighted by atomic mass is 16.7. The summed E-state index contributed by atoms with van der Waals surface area (Å²) in [6.45, 7) is 2.50. The van der Waals surface area contributed by atoms with E-state index in [1.54, 1.807) is 36.4 Å². The second-order valence-electron chi connectivity index (χ2n) is 22.1. The number of carboxylic acids is 1. The standard InChI is InChI=1S/C54H67N5O14/c1-50-16-15-36(61)23-34(50)9-12-37-38-24-42-54(41(63)28-60,51(38,2)26-40(62)46(37)50)73-48(72-42)33-7-3-31(4-8-33)25-52-17-20-53(21-18-52,22-19-52)59-49(69)70-29-32-5-10-35(11-6-32)57-47(68)39(13-14-45(66)67)58-43(64)27-56-44(65)30-71-55/h3-8,10-11,15-16,23,37-40,42,46,48,60,62H,9,12-14,17-22,24-30,55H2,1-2H3,(H,56,65)(H,57,68)(H,58,64)(H,59,69)(H,66,67)/t37-,38-,39-,40-,42+,46+,48+,50-,51-,52?,53?,54+/m0/s1. The number of Topliss-reactive ketones (excluding diaryl/α,β-unsaturated/α-hetero) is 1.